The molecule has 6 nitrogen and oxygen atoms in total. The van der Waals surface area contributed by atoms with Crippen LogP contribution in [0.5, 0.6) is 0 Å². The zero-order chi connectivity index (χ0) is 10.8. The maximum Gasteiger partial charge on any atom is 0.270 e. The summed E-state index contributed by atoms with van der Waals surface area (Å²) in [5.41, 5.74) is 7.81. The SMILES string of the molecule is CC(C)(C)c1nc(C(=O)N=[N+]=[N-])co1. The van der Waals surface area contributed by atoms with Crippen molar-refractivity contribution in [2.75, 3.05) is 0 Å². The Morgan fingerprint density at radius 3 is 2.71 bits per heavy atom. The van der Waals surface area contributed by atoms with Gasteiger partial charge in [0.2, 0.25) is 0 Å². The van der Waals surface area contributed by atoms with E-state index in [1.54, 1.807) is 0 Å². The molecule has 0 radical (unpaired) electrons. The highest BCUT2D eigenvalue weighted by molar-refractivity contribution is 5.92. The normalized spacial score (nSPS) is 10.8. The van der Waals surface area contributed by atoms with E-state index in [0.29, 0.717) is 5.89 Å². The fraction of sp³-hybridized carbons (Fsp3) is 0.500. The molecule has 0 aromatic carbocycles. The molecule has 0 aliphatic rings. The minimum absolute atomic E-state index is 0.0349. The van der Waals surface area contributed by atoms with Gasteiger partial charge in [-0.05, 0) is 10.6 Å². The van der Waals surface area contributed by atoms with E-state index in [4.69, 9.17) is 9.95 Å². The Morgan fingerprint density at radius 1 is 1.64 bits per heavy atom. The predicted octanol–water partition coefficient (Wildman–Crippen LogP) is 2.42. The quantitative estimate of drug-likeness (QED) is 0.390. The van der Waals surface area contributed by atoms with Crippen molar-refractivity contribution < 1.29 is 9.21 Å². The molecule has 6 heteroatoms. The zero-order valence-electron chi connectivity index (χ0n) is 8.18. The van der Waals surface area contributed by atoms with Gasteiger partial charge in [-0.2, -0.15) is 0 Å². The topological polar surface area (TPSA) is 91.9 Å². The summed E-state index contributed by atoms with van der Waals surface area (Å²) in [6, 6.07) is 0. The molecule has 0 spiro atoms. The number of rotatable bonds is 1. The molecule has 0 atom stereocenters. The van der Waals surface area contributed by atoms with Gasteiger partial charge in [0.1, 0.15) is 6.26 Å². The van der Waals surface area contributed by atoms with Gasteiger partial charge in [-0.3, -0.25) is 4.79 Å². The number of azide groups is 1. The lowest BCUT2D eigenvalue weighted by Gasteiger charge is -2.11. The number of oxazole rings is 1. The molecule has 14 heavy (non-hydrogen) atoms. The van der Waals surface area contributed by atoms with Gasteiger partial charge in [-0.15, -0.1) is 0 Å². The van der Waals surface area contributed by atoms with Crippen molar-refractivity contribution in [3.63, 3.8) is 0 Å². The van der Waals surface area contributed by atoms with Gasteiger partial charge in [-0.1, -0.05) is 20.8 Å². The molecular weight excluding hydrogens is 184 g/mol. The lowest BCUT2D eigenvalue weighted by Crippen LogP contribution is -2.11. The van der Waals surface area contributed by atoms with Gasteiger partial charge in [0.05, 0.1) is 0 Å². The summed E-state index contributed by atoms with van der Waals surface area (Å²) in [7, 11) is 0. The van der Waals surface area contributed by atoms with Crippen LogP contribution in [0, 0.1) is 0 Å². The largest absolute Gasteiger partial charge is 0.448 e. The van der Waals surface area contributed by atoms with E-state index in [9.17, 15) is 4.79 Å². The maximum atomic E-state index is 11.0. The predicted molar refractivity (Wildman–Crippen MR) is 48.7 cm³/mol. The van der Waals surface area contributed by atoms with Gasteiger partial charge in [0.15, 0.2) is 11.6 Å². The van der Waals surface area contributed by atoms with Gasteiger partial charge in [-0.25, -0.2) is 4.98 Å². The zero-order valence-corrected chi connectivity index (χ0v) is 8.18. The summed E-state index contributed by atoms with van der Waals surface area (Å²) in [5.74, 6) is -0.291. The summed E-state index contributed by atoms with van der Waals surface area (Å²) in [4.78, 5) is 17.3. The van der Waals surface area contributed by atoms with Crippen molar-refractivity contribution in [3.05, 3.63) is 28.3 Å². The van der Waals surface area contributed by atoms with E-state index >= 15 is 0 Å². The fourth-order valence-corrected chi connectivity index (χ4v) is 0.808. The maximum absolute atomic E-state index is 11.0. The molecule has 0 fully saturated rings. The van der Waals surface area contributed by atoms with E-state index in [1.165, 1.54) is 6.26 Å². The van der Waals surface area contributed by atoms with Crippen LogP contribution in [0.3, 0.4) is 0 Å². The molecule has 1 aromatic heterocycles. The van der Waals surface area contributed by atoms with Crippen LogP contribution in [0.25, 0.3) is 10.4 Å². The Kier molecular flexibility index (Phi) is 2.58. The van der Waals surface area contributed by atoms with Crippen LogP contribution in [-0.2, 0) is 5.41 Å². The molecule has 1 rings (SSSR count). The van der Waals surface area contributed by atoms with Crippen molar-refractivity contribution in [1.82, 2.24) is 4.98 Å². The van der Waals surface area contributed by atoms with E-state index in [1.807, 2.05) is 20.8 Å². The first-order valence-corrected chi connectivity index (χ1v) is 4.00. The Balaban J connectivity index is 3.00. The molecule has 0 saturated carbocycles. The highest BCUT2D eigenvalue weighted by Gasteiger charge is 2.21. The smallest absolute Gasteiger partial charge is 0.270 e. The number of hydrogen-bond acceptors (Lipinski definition) is 3. The molecule has 1 heterocycles. The third-order valence-electron chi connectivity index (χ3n) is 1.50. The number of amides is 1. The van der Waals surface area contributed by atoms with Gasteiger partial charge < -0.3 is 4.42 Å². The van der Waals surface area contributed by atoms with Crippen LogP contribution in [0.15, 0.2) is 15.8 Å². The molecule has 0 saturated heterocycles. The highest BCUT2D eigenvalue weighted by Crippen LogP contribution is 2.21. The summed E-state index contributed by atoms with van der Waals surface area (Å²) in [5, 5.41) is 2.91. The van der Waals surface area contributed by atoms with Crippen molar-refractivity contribution in [2.45, 2.75) is 26.2 Å². The van der Waals surface area contributed by atoms with Crippen molar-refractivity contribution in [3.8, 4) is 0 Å². The highest BCUT2D eigenvalue weighted by atomic mass is 16.3. The van der Waals surface area contributed by atoms with Crippen molar-refractivity contribution in [2.24, 2.45) is 5.11 Å². The van der Waals surface area contributed by atoms with Crippen LogP contribution >= 0.6 is 0 Å². The summed E-state index contributed by atoms with van der Waals surface area (Å²) in [6.45, 7) is 5.71. The molecule has 0 N–H and O–H groups in total. The number of aromatic nitrogens is 1. The molecule has 0 bridgehead atoms. The Hall–Kier alpha value is -1.81. The number of carbonyl (C=O) groups is 1. The molecule has 74 valence electrons. The summed E-state index contributed by atoms with van der Waals surface area (Å²) in [6.07, 6.45) is 1.19. The lowest BCUT2D eigenvalue weighted by atomic mass is 9.97. The molecule has 1 aromatic rings. The Morgan fingerprint density at radius 2 is 2.29 bits per heavy atom. The lowest BCUT2D eigenvalue weighted by molar-refractivity contribution is 0.0995. The molecule has 0 aliphatic heterocycles. The third kappa shape index (κ3) is 2.11. The Bertz CT molecular complexity index is 396. The van der Waals surface area contributed by atoms with Crippen LogP contribution in [0.1, 0.15) is 37.2 Å². The molecule has 0 unspecified atom stereocenters. The fourth-order valence-electron chi connectivity index (χ4n) is 0.808. The second-order valence-corrected chi connectivity index (χ2v) is 3.78. The van der Waals surface area contributed by atoms with Crippen LogP contribution in [0.2, 0.25) is 0 Å². The minimum atomic E-state index is -0.730. The van der Waals surface area contributed by atoms with Crippen LogP contribution < -0.4 is 0 Å². The van der Waals surface area contributed by atoms with E-state index < -0.39 is 5.91 Å². The first-order valence-electron chi connectivity index (χ1n) is 4.00. The van der Waals surface area contributed by atoms with E-state index in [-0.39, 0.29) is 11.1 Å². The van der Waals surface area contributed by atoms with E-state index in [0.717, 1.165) is 0 Å². The van der Waals surface area contributed by atoms with Crippen molar-refractivity contribution >= 4 is 5.91 Å². The van der Waals surface area contributed by atoms with Gasteiger partial charge in [0, 0.05) is 10.3 Å². The monoisotopic (exact) mass is 194 g/mol. The number of hydrogen-bond donors (Lipinski definition) is 0. The standard InChI is InChI=1S/C8H10N4O2/c1-8(2,3)7-10-5(4-14-7)6(13)11-12-9/h4H,1-3H3. The average molecular weight is 194 g/mol. The third-order valence-corrected chi connectivity index (χ3v) is 1.50. The Labute approximate surface area is 80.6 Å². The molecule has 1 amide bonds. The first kappa shape index (κ1) is 10.3. The average Bonchev–Trinajstić information content (AvgIpc) is 2.51. The van der Waals surface area contributed by atoms with Crippen LogP contribution in [-0.4, -0.2) is 10.9 Å². The number of nitrogens with zero attached hydrogens (tertiary/aromatic N) is 4. The van der Waals surface area contributed by atoms with Crippen molar-refractivity contribution in [1.29, 1.82) is 0 Å². The van der Waals surface area contributed by atoms with Crippen LogP contribution in [0.4, 0.5) is 0 Å². The second-order valence-electron chi connectivity index (χ2n) is 3.78. The molecule has 0 aliphatic carbocycles. The van der Waals surface area contributed by atoms with Gasteiger partial charge >= 0.3 is 0 Å². The summed E-state index contributed by atoms with van der Waals surface area (Å²) >= 11 is 0. The second kappa shape index (κ2) is 3.51. The first-order chi connectivity index (χ1) is 6.45. The van der Waals surface area contributed by atoms with E-state index in [2.05, 4.69) is 15.0 Å². The summed E-state index contributed by atoms with van der Waals surface area (Å²) < 4.78 is 5.08. The number of carbonyl (C=O) groups excluding carboxylic acids is 1. The minimum Gasteiger partial charge on any atom is -0.448 e. The van der Waals surface area contributed by atoms with Gasteiger partial charge in [0.25, 0.3) is 5.91 Å². The molecular formula is C8H10N4O2.